The first-order valence-corrected chi connectivity index (χ1v) is 6.27. The first-order chi connectivity index (χ1) is 6.41. The van der Waals surface area contributed by atoms with Crippen LogP contribution in [0.2, 0.25) is 0 Å². The van der Waals surface area contributed by atoms with Gasteiger partial charge in [0.1, 0.15) is 0 Å². The van der Waals surface area contributed by atoms with Crippen molar-refractivity contribution in [3.63, 3.8) is 0 Å². The molecule has 0 rings (SSSR count). The molecule has 0 bridgehead atoms. The van der Waals surface area contributed by atoms with E-state index in [-0.39, 0.29) is 0 Å². The molecule has 0 aromatic rings. The highest BCUT2D eigenvalue weighted by Crippen LogP contribution is 2.23. The highest BCUT2D eigenvalue weighted by molar-refractivity contribution is 6.17. The Labute approximate surface area is 94.6 Å². The van der Waals surface area contributed by atoms with Gasteiger partial charge in [-0.25, -0.2) is 0 Å². The van der Waals surface area contributed by atoms with Crippen molar-refractivity contribution < 1.29 is 0 Å². The number of rotatable bonds is 6. The van der Waals surface area contributed by atoms with Crippen LogP contribution in [0.15, 0.2) is 0 Å². The van der Waals surface area contributed by atoms with Crippen LogP contribution in [0.4, 0.5) is 0 Å². The van der Waals surface area contributed by atoms with Gasteiger partial charge in [-0.05, 0) is 25.2 Å². The van der Waals surface area contributed by atoms with Gasteiger partial charge in [0, 0.05) is 18.0 Å². The SMILES string of the molecule is CCCC(C)NC(CCCl)C(C)(C)C. The van der Waals surface area contributed by atoms with E-state index < -0.39 is 0 Å². The summed E-state index contributed by atoms with van der Waals surface area (Å²) in [6.07, 6.45) is 3.54. The van der Waals surface area contributed by atoms with Crippen molar-refractivity contribution in [3.8, 4) is 0 Å². The molecule has 0 heterocycles. The fraction of sp³-hybridized carbons (Fsp3) is 1.00. The summed E-state index contributed by atoms with van der Waals surface area (Å²) in [6.45, 7) is 11.3. The molecule has 0 saturated carbocycles. The fourth-order valence-electron chi connectivity index (χ4n) is 1.74. The number of nitrogens with one attached hydrogen (secondary N) is 1. The molecule has 0 aromatic heterocycles. The average Bonchev–Trinajstić information content (AvgIpc) is 2.02. The van der Waals surface area contributed by atoms with E-state index >= 15 is 0 Å². The average molecular weight is 220 g/mol. The minimum absolute atomic E-state index is 0.302. The number of hydrogen-bond acceptors (Lipinski definition) is 1. The van der Waals surface area contributed by atoms with Crippen molar-refractivity contribution in [3.05, 3.63) is 0 Å². The fourth-order valence-corrected chi connectivity index (χ4v) is 1.95. The van der Waals surface area contributed by atoms with Gasteiger partial charge in [0.05, 0.1) is 0 Å². The van der Waals surface area contributed by atoms with E-state index in [1.165, 1.54) is 12.8 Å². The molecule has 0 aliphatic rings. The Balaban J connectivity index is 4.09. The molecule has 0 spiro atoms. The molecular formula is C12H26ClN. The molecule has 86 valence electrons. The molecule has 0 aliphatic heterocycles. The van der Waals surface area contributed by atoms with Gasteiger partial charge in [0.15, 0.2) is 0 Å². The third-order valence-corrected chi connectivity index (χ3v) is 2.87. The van der Waals surface area contributed by atoms with E-state index in [1.54, 1.807) is 0 Å². The zero-order chi connectivity index (χ0) is 11.2. The van der Waals surface area contributed by atoms with Crippen LogP contribution in [0.1, 0.15) is 53.9 Å². The van der Waals surface area contributed by atoms with Crippen LogP contribution in [0.5, 0.6) is 0 Å². The quantitative estimate of drug-likeness (QED) is 0.670. The summed E-state index contributed by atoms with van der Waals surface area (Å²) in [5.74, 6) is 0.744. The second-order valence-electron chi connectivity index (χ2n) is 5.25. The lowest BCUT2D eigenvalue weighted by Gasteiger charge is -2.33. The molecule has 2 heteroatoms. The Bertz CT molecular complexity index is 140. The molecule has 2 atom stereocenters. The Morgan fingerprint density at radius 3 is 2.14 bits per heavy atom. The second kappa shape index (κ2) is 6.68. The summed E-state index contributed by atoms with van der Waals surface area (Å²) in [6, 6.07) is 1.13. The molecule has 0 amide bonds. The van der Waals surface area contributed by atoms with Gasteiger partial charge in [0.25, 0.3) is 0 Å². The Morgan fingerprint density at radius 2 is 1.79 bits per heavy atom. The summed E-state index contributed by atoms with van der Waals surface area (Å²) in [4.78, 5) is 0. The third-order valence-electron chi connectivity index (χ3n) is 2.65. The predicted molar refractivity (Wildman–Crippen MR) is 66.1 cm³/mol. The molecular weight excluding hydrogens is 194 g/mol. The van der Waals surface area contributed by atoms with Gasteiger partial charge in [-0.15, -0.1) is 11.6 Å². The van der Waals surface area contributed by atoms with Crippen LogP contribution in [-0.2, 0) is 0 Å². The first-order valence-electron chi connectivity index (χ1n) is 5.73. The van der Waals surface area contributed by atoms with Gasteiger partial charge >= 0.3 is 0 Å². The van der Waals surface area contributed by atoms with Gasteiger partial charge in [-0.1, -0.05) is 34.1 Å². The van der Waals surface area contributed by atoms with Crippen molar-refractivity contribution in [1.82, 2.24) is 5.32 Å². The van der Waals surface area contributed by atoms with Crippen LogP contribution in [0.25, 0.3) is 0 Å². The maximum atomic E-state index is 5.82. The van der Waals surface area contributed by atoms with Gasteiger partial charge < -0.3 is 5.32 Å². The van der Waals surface area contributed by atoms with Crippen molar-refractivity contribution in [2.45, 2.75) is 66.0 Å². The zero-order valence-corrected chi connectivity index (χ0v) is 11.1. The minimum atomic E-state index is 0.302. The molecule has 1 N–H and O–H groups in total. The molecule has 0 saturated heterocycles. The summed E-state index contributed by atoms with van der Waals surface area (Å²) in [5, 5.41) is 3.67. The van der Waals surface area contributed by atoms with Crippen molar-refractivity contribution >= 4 is 11.6 Å². The lowest BCUT2D eigenvalue weighted by atomic mass is 9.84. The van der Waals surface area contributed by atoms with Gasteiger partial charge in [-0.2, -0.15) is 0 Å². The highest BCUT2D eigenvalue weighted by Gasteiger charge is 2.24. The second-order valence-corrected chi connectivity index (χ2v) is 5.63. The minimum Gasteiger partial charge on any atom is -0.311 e. The van der Waals surface area contributed by atoms with Crippen LogP contribution >= 0.6 is 11.6 Å². The molecule has 14 heavy (non-hydrogen) atoms. The summed E-state index contributed by atoms with van der Waals surface area (Å²) in [7, 11) is 0. The molecule has 0 aliphatic carbocycles. The van der Waals surface area contributed by atoms with Crippen molar-refractivity contribution in [1.29, 1.82) is 0 Å². The number of hydrogen-bond donors (Lipinski definition) is 1. The predicted octanol–water partition coefficient (Wildman–Crippen LogP) is 3.81. The standard InChI is InChI=1S/C12H26ClN/c1-6-7-10(2)14-11(8-9-13)12(3,4)5/h10-11,14H,6-9H2,1-5H3. The van der Waals surface area contributed by atoms with Crippen LogP contribution in [0, 0.1) is 5.41 Å². The summed E-state index contributed by atoms with van der Waals surface area (Å²) >= 11 is 5.82. The van der Waals surface area contributed by atoms with Crippen molar-refractivity contribution in [2.75, 3.05) is 5.88 Å². The molecule has 0 fully saturated rings. The first kappa shape index (κ1) is 14.2. The molecule has 0 radical (unpaired) electrons. The Morgan fingerprint density at radius 1 is 1.21 bits per heavy atom. The van der Waals surface area contributed by atoms with E-state index in [9.17, 15) is 0 Å². The topological polar surface area (TPSA) is 12.0 Å². The third kappa shape index (κ3) is 5.87. The summed E-state index contributed by atoms with van der Waals surface area (Å²) in [5.41, 5.74) is 0.302. The number of halogens is 1. The number of alkyl halides is 1. The maximum absolute atomic E-state index is 5.82. The molecule has 2 unspecified atom stereocenters. The smallest absolute Gasteiger partial charge is 0.0238 e. The molecule has 0 aromatic carbocycles. The van der Waals surface area contributed by atoms with Gasteiger partial charge in [0.2, 0.25) is 0 Å². The largest absolute Gasteiger partial charge is 0.311 e. The van der Waals surface area contributed by atoms with Gasteiger partial charge in [-0.3, -0.25) is 0 Å². The maximum Gasteiger partial charge on any atom is 0.0238 e. The van der Waals surface area contributed by atoms with Crippen LogP contribution in [0.3, 0.4) is 0 Å². The van der Waals surface area contributed by atoms with E-state index in [4.69, 9.17) is 11.6 Å². The highest BCUT2D eigenvalue weighted by atomic mass is 35.5. The lowest BCUT2D eigenvalue weighted by molar-refractivity contribution is 0.240. The monoisotopic (exact) mass is 219 g/mol. The lowest BCUT2D eigenvalue weighted by Crippen LogP contribution is -2.45. The normalized spacial score (nSPS) is 16.7. The van der Waals surface area contributed by atoms with Crippen LogP contribution in [-0.4, -0.2) is 18.0 Å². The van der Waals surface area contributed by atoms with E-state index in [0.717, 1.165) is 12.3 Å². The van der Waals surface area contributed by atoms with Crippen LogP contribution < -0.4 is 5.32 Å². The zero-order valence-electron chi connectivity index (χ0n) is 10.4. The Hall–Kier alpha value is 0.250. The Kier molecular flexibility index (Phi) is 6.80. The van der Waals surface area contributed by atoms with E-state index in [2.05, 4.69) is 39.9 Å². The van der Waals surface area contributed by atoms with Crippen molar-refractivity contribution in [2.24, 2.45) is 5.41 Å². The molecule has 1 nitrogen and oxygen atoms in total. The summed E-state index contributed by atoms with van der Waals surface area (Å²) < 4.78 is 0. The van der Waals surface area contributed by atoms with E-state index in [1.807, 2.05) is 0 Å². The van der Waals surface area contributed by atoms with E-state index in [0.29, 0.717) is 17.5 Å².